The molecule has 0 bridgehead atoms. The van der Waals surface area contributed by atoms with Crippen molar-refractivity contribution in [2.75, 3.05) is 0 Å². The molecule has 15 rings (SSSR count). The number of imidazole rings is 1. The Hall–Kier alpha value is -9.09. The summed E-state index contributed by atoms with van der Waals surface area (Å²) in [5, 5.41) is 0.305. The summed E-state index contributed by atoms with van der Waals surface area (Å²) in [6, 6.07) is 11.4. The Balaban J connectivity index is 0.0000121. The van der Waals surface area contributed by atoms with Crippen molar-refractivity contribution in [1.82, 2.24) is 18.7 Å². The van der Waals surface area contributed by atoms with E-state index in [0.717, 1.165) is 32.9 Å². The minimum atomic E-state index is -4.72. The first-order valence-electron chi connectivity index (χ1n) is 44.7. The summed E-state index contributed by atoms with van der Waals surface area (Å²) in [5.41, 5.74) is -16.6. The van der Waals surface area contributed by atoms with Gasteiger partial charge in [0.2, 0.25) is 0 Å². The van der Waals surface area contributed by atoms with E-state index in [9.17, 15) is 20.6 Å². The van der Waals surface area contributed by atoms with E-state index in [2.05, 4.69) is 18.5 Å². The van der Waals surface area contributed by atoms with Gasteiger partial charge in [-0.25, -0.2) is 4.98 Å². The standard InChI is InChI=1S/C78H63N5O.Pt/c1-76(2,3)55-40-43-79-74(46-55)83-68-35-19-16-30-62(68)63-48-72(82-66-33-17-14-28-60(66)61-29-15-18-34-67(61)82)73(49-70(63)83)84-57-27-20-26-56(47-57)80-50-81(75-58(51-22-10-8-11-23-51)31-21-32-59(75)52-24-12-9-13-25-52)69-39-37-54(45-71(69)80)53-36-38-64-65(44-53)78(6,7)42-41-77(64,4)5;/h8-40,43-46,48H,41-42H2,1-7H3;/q-2;/i4D3,5D3,6D3,7D3,8D,9D,10D,11D,12D,13D,14D,15D,17D,18D,22D,23D,24D,25D,28D,29D,33D,34D,36D,38D,41D2,42D2,44D;. The molecule has 6 nitrogen and oxygen atoms in total. The molecule has 7 heteroatoms. The molecular formula is C78H63N5OPt-2. The Morgan fingerprint density at radius 1 is 0.576 bits per heavy atom. The second kappa shape index (κ2) is 20.6. The average Bonchev–Trinajstić information content (AvgIpc) is 0.815. The molecule has 1 aliphatic carbocycles. The van der Waals surface area contributed by atoms with E-state index in [-0.39, 0.29) is 99.1 Å². The van der Waals surface area contributed by atoms with E-state index in [1.54, 1.807) is 41.1 Å². The molecule has 85 heavy (non-hydrogen) atoms. The molecule has 10 aromatic carbocycles. The molecule has 0 fully saturated rings. The second-order valence-corrected chi connectivity index (χ2v) is 21.0. The summed E-state index contributed by atoms with van der Waals surface area (Å²) in [6.45, 7) is -11.7. The fourth-order valence-corrected chi connectivity index (χ4v) is 10.8. The monoisotopic (exact) mass is 1320 g/mol. The summed E-state index contributed by atoms with van der Waals surface area (Å²) in [6.07, 6.45) is -4.63. The van der Waals surface area contributed by atoms with Crippen molar-refractivity contribution in [3.63, 3.8) is 0 Å². The van der Waals surface area contributed by atoms with Crippen LogP contribution in [0, 0.1) is 18.5 Å². The number of hydrogen-bond donors (Lipinski definition) is 0. The molecular weight excluding hydrogens is 1220 g/mol. The van der Waals surface area contributed by atoms with Crippen molar-refractivity contribution < 1.29 is 81.1 Å². The van der Waals surface area contributed by atoms with Crippen molar-refractivity contribution in [2.24, 2.45) is 0 Å². The van der Waals surface area contributed by atoms with Gasteiger partial charge in [-0.1, -0.05) is 222 Å². The summed E-state index contributed by atoms with van der Waals surface area (Å²) in [4.78, 5) is 4.82. The fourth-order valence-electron chi connectivity index (χ4n) is 10.8. The molecule has 0 N–H and O–H groups in total. The van der Waals surface area contributed by atoms with Crippen LogP contribution < -0.4 is 9.30 Å². The van der Waals surface area contributed by atoms with Gasteiger partial charge < -0.3 is 18.4 Å². The first kappa shape index (κ1) is 26.9. The number of pyridine rings is 1. The largest absolute Gasteiger partial charge is 0.508 e. The van der Waals surface area contributed by atoms with Crippen LogP contribution in [0.25, 0.3) is 111 Å². The van der Waals surface area contributed by atoms with Crippen LogP contribution in [0.3, 0.4) is 0 Å². The molecule has 0 spiro atoms. The van der Waals surface area contributed by atoms with Gasteiger partial charge in [0.05, 0.1) is 45.5 Å². The Morgan fingerprint density at radius 3 is 1.93 bits per heavy atom. The van der Waals surface area contributed by atoms with Gasteiger partial charge in [0.1, 0.15) is 5.82 Å². The Labute approximate surface area is 563 Å². The van der Waals surface area contributed by atoms with E-state index in [1.807, 2.05) is 32.9 Å². The molecule has 0 aliphatic heterocycles. The molecule has 0 radical (unpaired) electrons. The van der Waals surface area contributed by atoms with Crippen LogP contribution >= 0.6 is 0 Å². The van der Waals surface area contributed by atoms with Gasteiger partial charge in [-0.2, -0.15) is 12.1 Å². The van der Waals surface area contributed by atoms with Gasteiger partial charge in [-0.05, 0) is 132 Å². The Morgan fingerprint density at radius 2 is 1.24 bits per heavy atom. The van der Waals surface area contributed by atoms with Crippen LogP contribution in [-0.2, 0) is 37.3 Å². The minimum Gasteiger partial charge on any atom is -0.508 e. The predicted molar refractivity (Wildman–Crippen MR) is 345 cm³/mol. The Bertz CT molecular complexity index is 6650. The molecule has 0 unspecified atom stereocenters. The van der Waals surface area contributed by atoms with Crippen molar-refractivity contribution in [1.29, 1.82) is 0 Å². The SMILES string of the molecule is [2H]c1c([2H])c([2H])c(-c2cccc(-c3c([2H])c([2H])c([2H])c([2H])c3[2H])c2-[n+]2[c-]n(-c3[c-]c(Oc4[c-]c5c(cc4-n4c6c([2H])c([2H])c([2H])c([2H])c6c6c([2H])c([2H])c([2H])c([2H])c64)c4ccccc4n5-c4cc(C(C)(C)C)ccn4)ccc3)c3cc(-c4c([2H])c([2H])c5c(c4[2H])C(C([2H])([2H])[2H])(C([2H])([2H])[2H])C([2H])([2H])C([2H])([2H])C5(C([2H])([2H])[2H])C([2H])([2H])[2H])ccc32)c([2H])c1[2H].[Pt]. The topological polar surface area (TPSA) is 40.8 Å². The molecule has 0 atom stereocenters. The van der Waals surface area contributed by atoms with E-state index in [1.165, 1.54) is 41.0 Å². The number of aromatic nitrogens is 5. The zero-order valence-corrected chi connectivity index (χ0v) is 47.0. The van der Waals surface area contributed by atoms with Crippen LogP contribution in [0.4, 0.5) is 0 Å². The molecule has 4 aromatic heterocycles. The molecule has 0 amide bonds. The minimum absolute atomic E-state index is 0. The smallest absolute Gasteiger partial charge is 0.268 e. The summed E-state index contributed by atoms with van der Waals surface area (Å²) in [7, 11) is 0. The first-order valence-corrected chi connectivity index (χ1v) is 26.2. The van der Waals surface area contributed by atoms with E-state index >= 15 is 0 Å². The van der Waals surface area contributed by atoms with Crippen LogP contribution in [0.15, 0.2) is 230 Å². The molecule has 14 aromatic rings. The third-order valence-corrected chi connectivity index (χ3v) is 14.7. The first-order chi connectivity index (χ1) is 56.0. The van der Waals surface area contributed by atoms with Gasteiger partial charge in [0.15, 0.2) is 0 Å². The molecule has 1 aliphatic rings. The van der Waals surface area contributed by atoms with Crippen LogP contribution in [0.1, 0.15) is 128 Å². The van der Waals surface area contributed by atoms with Gasteiger partial charge in [-0.3, -0.25) is 4.57 Å². The van der Waals surface area contributed by atoms with Gasteiger partial charge in [-0.15, -0.1) is 24.3 Å². The summed E-state index contributed by atoms with van der Waals surface area (Å²) in [5.74, 6) is -0.304. The predicted octanol–water partition coefficient (Wildman–Crippen LogP) is 19.3. The van der Waals surface area contributed by atoms with Crippen molar-refractivity contribution in [3.05, 3.63) is 265 Å². The van der Waals surface area contributed by atoms with Crippen molar-refractivity contribution >= 4 is 54.6 Å². The maximum Gasteiger partial charge on any atom is 0.268 e. The number of rotatable bonds is 9. The van der Waals surface area contributed by atoms with Crippen LogP contribution in [-0.4, -0.2) is 18.7 Å². The Kier molecular flexibility index (Phi) is 6.51. The third kappa shape index (κ3) is 9.12. The molecule has 418 valence electrons. The van der Waals surface area contributed by atoms with Gasteiger partial charge >= 0.3 is 0 Å². The number of nitrogens with zero attached hydrogens (tertiary/aromatic N) is 5. The number of fused-ring (bicyclic) bond motifs is 8. The fraction of sp³-hybridized carbons (Fsp3) is 0.154. The zero-order chi connectivity index (χ0) is 88.9. The maximum atomic E-state index is 10.2. The van der Waals surface area contributed by atoms with Gasteiger partial charge in [0.25, 0.3) is 6.33 Å². The van der Waals surface area contributed by atoms with Crippen molar-refractivity contribution in [2.45, 2.75) is 77.2 Å². The summed E-state index contributed by atoms with van der Waals surface area (Å²) >= 11 is 0. The second-order valence-electron chi connectivity index (χ2n) is 21.0. The van der Waals surface area contributed by atoms with E-state index in [0.29, 0.717) is 22.1 Å². The number of ether oxygens (including phenoxy) is 1. The normalized spacial score (nSPS) is 21.8. The van der Waals surface area contributed by atoms with E-state index < -0.39 is 217 Å². The molecule has 0 saturated carbocycles. The number of hydrogen-bond acceptors (Lipinski definition) is 2. The number of para-hydroxylation sites is 4. The van der Waals surface area contributed by atoms with Crippen molar-refractivity contribution in [3.8, 4) is 67.8 Å². The zero-order valence-electron chi connectivity index (χ0n) is 81.8. The average molecular weight is 1320 g/mol. The number of benzene rings is 10. The van der Waals surface area contributed by atoms with Crippen LogP contribution in [0.2, 0.25) is 0 Å². The van der Waals surface area contributed by atoms with E-state index in [4.69, 9.17) is 39.9 Å². The molecule has 0 saturated heterocycles. The molecule has 4 heterocycles. The maximum absolute atomic E-state index is 10.2. The van der Waals surface area contributed by atoms with Gasteiger partial charge in [0, 0.05) is 88.0 Å². The van der Waals surface area contributed by atoms with Crippen LogP contribution in [0.5, 0.6) is 11.5 Å². The third-order valence-electron chi connectivity index (χ3n) is 14.7. The summed E-state index contributed by atoms with van der Waals surface area (Å²) < 4.78 is 352. The quantitative estimate of drug-likeness (QED) is 0.107.